The number of aromatic nitrogens is 1. The minimum atomic E-state index is -0.986. The quantitative estimate of drug-likeness (QED) is 0.312. The Hall–Kier alpha value is -2.80. The lowest BCUT2D eigenvalue weighted by Crippen LogP contribution is -2.29. The number of nitrogens with zero attached hydrogens (tertiary/aromatic N) is 2. The molecule has 1 saturated heterocycles. The number of halogens is 3. The molecule has 9 heteroatoms. The predicted molar refractivity (Wildman–Crippen MR) is 114 cm³/mol. The molecule has 1 aliphatic heterocycles. The van der Waals surface area contributed by atoms with E-state index >= 15 is 0 Å². The summed E-state index contributed by atoms with van der Waals surface area (Å²) in [5.74, 6) is -1.46. The van der Waals surface area contributed by atoms with Gasteiger partial charge in [-0.3, -0.25) is 14.5 Å². The van der Waals surface area contributed by atoms with Crippen molar-refractivity contribution in [1.82, 2.24) is 5.16 Å². The van der Waals surface area contributed by atoms with Crippen molar-refractivity contribution in [3.8, 4) is 0 Å². The number of hydrogen-bond acceptors (Lipinski definition) is 5. The second-order valence-electron chi connectivity index (χ2n) is 6.65. The van der Waals surface area contributed by atoms with Crippen LogP contribution in [0.3, 0.4) is 0 Å². The number of anilines is 1. The van der Waals surface area contributed by atoms with Gasteiger partial charge in [0.25, 0.3) is 5.78 Å². The lowest BCUT2D eigenvalue weighted by Gasteiger charge is -2.23. The molecular formula is C21H13Cl3N2O4. The van der Waals surface area contributed by atoms with Crippen molar-refractivity contribution in [2.75, 3.05) is 4.90 Å². The highest BCUT2D eigenvalue weighted by molar-refractivity contribution is 6.51. The molecule has 0 saturated carbocycles. The zero-order valence-electron chi connectivity index (χ0n) is 15.4. The molecule has 2 heterocycles. The number of aryl methyl sites for hydroxylation is 1. The van der Waals surface area contributed by atoms with Gasteiger partial charge in [-0.15, -0.1) is 0 Å². The smallest absolute Gasteiger partial charge is 0.301 e. The van der Waals surface area contributed by atoms with Crippen LogP contribution in [0.2, 0.25) is 15.1 Å². The number of carbonyl (C=O) groups excluding carboxylic acids is 2. The van der Waals surface area contributed by atoms with Crippen LogP contribution in [0.1, 0.15) is 22.9 Å². The minimum Gasteiger partial charge on any atom is -0.507 e. The highest BCUT2D eigenvalue weighted by Crippen LogP contribution is 2.43. The molecule has 1 aliphatic rings. The van der Waals surface area contributed by atoms with Crippen LogP contribution in [0.25, 0.3) is 5.76 Å². The summed E-state index contributed by atoms with van der Waals surface area (Å²) in [5, 5.41) is 15.8. The first-order chi connectivity index (χ1) is 14.3. The Kier molecular flexibility index (Phi) is 5.32. The van der Waals surface area contributed by atoms with Crippen molar-refractivity contribution in [2.45, 2.75) is 13.0 Å². The van der Waals surface area contributed by atoms with Crippen LogP contribution in [0.5, 0.6) is 0 Å². The molecule has 0 radical (unpaired) electrons. The van der Waals surface area contributed by atoms with Crippen LogP contribution in [0, 0.1) is 6.92 Å². The number of aliphatic hydroxyl groups excluding tert-OH is 1. The summed E-state index contributed by atoms with van der Waals surface area (Å²) in [6.07, 6.45) is 0. The lowest BCUT2D eigenvalue weighted by atomic mass is 9.95. The third-order valence-corrected chi connectivity index (χ3v) is 5.67. The van der Waals surface area contributed by atoms with E-state index in [1.807, 2.05) is 0 Å². The van der Waals surface area contributed by atoms with Crippen LogP contribution in [-0.2, 0) is 9.59 Å². The fraction of sp³-hybridized carbons (Fsp3) is 0.0952. The lowest BCUT2D eigenvalue weighted by molar-refractivity contribution is -0.132. The molecular weight excluding hydrogens is 451 g/mol. The van der Waals surface area contributed by atoms with Crippen molar-refractivity contribution in [3.63, 3.8) is 0 Å². The van der Waals surface area contributed by atoms with E-state index in [1.165, 1.54) is 17.0 Å². The summed E-state index contributed by atoms with van der Waals surface area (Å²) in [7, 11) is 0. The van der Waals surface area contributed by atoms with Crippen LogP contribution in [0.4, 0.5) is 5.82 Å². The SMILES string of the molecule is Cc1cc(N2C(=O)C(=O)C(=C(O)c3ccc(Cl)cc3)C2c2ccc(Cl)c(Cl)c2)no1. The van der Waals surface area contributed by atoms with Crippen molar-refractivity contribution < 1.29 is 19.2 Å². The molecule has 1 fully saturated rings. The topological polar surface area (TPSA) is 83.6 Å². The van der Waals surface area contributed by atoms with E-state index in [0.717, 1.165) is 0 Å². The minimum absolute atomic E-state index is 0.110. The van der Waals surface area contributed by atoms with Crippen molar-refractivity contribution in [2.24, 2.45) is 0 Å². The number of aliphatic hydroxyl groups is 1. The van der Waals surface area contributed by atoms with Gasteiger partial charge in [0.1, 0.15) is 11.5 Å². The maximum atomic E-state index is 13.0. The Balaban J connectivity index is 1.96. The number of amides is 1. The second kappa shape index (κ2) is 7.80. The second-order valence-corrected chi connectivity index (χ2v) is 7.90. The van der Waals surface area contributed by atoms with Gasteiger partial charge in [0.15, 0.2) is 5.82 Å². The third-order valence-electron chi connectivity index (χ3n) is 4.68. The van der Waals surface area contributed by atoms with Gasteiger partial charge in [-0.1, -0.05) is 46.0 Å². The van der Waals surface area contributed by atoms with Gasteiger partial charge in [0.2, 0.25) is 0 Å². The number of rotatable bonds is 3. The Morgan fingerprint density at radius 1 is 1.03 bits per heavy atom. The first-order valence-corrected chi connectivity index (χ1v) is 9.86. The molecule has 1 amide bonds. The molecule has 3 aromatic rings. The van der Waals surface area contributed by atoms with Crippen LogP contribution in [0.15, 0.2) is 58.6 Å². The molecule has 1 N–H and O–H groups in total. The molecule has 6 nitrogen and oxygen atoms in total. The maximum absolute atomic E-state index is 13.0. The highest BCUT2D eigenvalue weighted by Gasteiger charge is 2.48. The molecule has 0 bridgehead atoms. The molecule has 4 rings (SSSR count). The summed E-state index contributed by atoms with van der Waals surface area (Å²) in [5.41, 5.74) is 0.694. The Morgan fingerprint density at radius 2 is 1.73 bits per heavy atom. The average molecular weight is 464 g/mol. The molecule has 0 aliphatic carbocycles. The van der Waals surface area contributed by atoms with Crippen LogP contribution >= 0.6 is 34.8 Å². The molecule has 0 spiro atoms. The molecule has 1 unspecified atom stereocenters. The van der Waals surface area contributed by atoms with Crippen LogP contribution < -0.4 is 4.90 Å². The number of carbonyl (C=O) groups is 2. The van der Waals surface area contributed by atoms with E-state index in [1.54, 1.807) is 43.3 Å². The Labute approximate surface area is 186 Å². The van der Waals surface area contributed by atoms with E-state index in [4.69, 9.17) is 39.3 Å². The van der Waals surface area contributed by atoms with Gasteiger partial charge < -0.3 is 9.63 Å². The van der Waals surface area contributed by atoms with Crippen molar-refractivity contribution >= 4 is 58.1 Å². The normalized spacial score (nSPS) is 18.3. The maximum Gasteiger partial charge on any atom is 0.301 e. The van der Waals surface area contributed by atoms with Gasteiger partial charge in [0.05, 0.1) is 21.7 Å². The molecule has 152 valence electrons. The first-order valence-electron chi connectivity index (χ1n) is 8.73. The van der Waals surface area contributed by atoms with Gasteiger partial charge in [-0.2, -0.15) is 0 Å². The zero-order chi connectivity index (χ0) is 21.6. The highest BCUT2D eigenvalue weighted by atomic mass is 35.5. The monoisotopic (exact) mass is 462 g/mol. The molecule has 2 aromatic carbocycles. The Bertz CT molecular complexity index is 1200. The largest absolute Gasteiger partial charge is 0.507 e. The summed E-state index contributed by atoms with van der Waals surface area (Å²) in [4.78, 5) is 27.0. The van der Waals surface area contributed by atoms with Gasteiger partial charge >= 0.3 is 5.91 Å². The summed E-state index contributed by atoms with van der Waals surface area (Å²) < 4.78 is 5.09. The third kappa shape index (κ3) is 3.47. The van der Waals surface area contributed by atoms with Crippen molar-refractivity contribution in [1.29, 1.82) is 0 Å². The predicted octanol–water partition coefficient (Wildman–Crippen LogP) is 5.57. The summed E-state index contributed by atoms with van der Waals surface area (Å²) in [6, 6.07) is 11.5. The number of Topliss-reactive ketones (excluding diaryl/α,β-unsaturated/α-hetero) is 1. The van der Waals surface area contributed by atoms with E-state index in [-0.39, 0.29) is 22.2 Å². The number of benzene rings is 2. The molecule has 30 heavy (non-hydrogen) atoms. The fourth-order valence-electron chi connectivity index (χ4n) is 3.30. The molecule has 1 aromatic heterocycles. The number of hydrogen-bond donors (Lipinski definition) is 1. The van der Waals surface area contributed by atoms with Gasteiger partial charge in [-0.05, 0) is 48.9 Å². The van der Waals surface area contributed by atoms with E-state index in [9.17, 15) is 14.7 Å². The standard InChI is InChI=1S/C21H13Cl3N2O4/c1-10-8-16(25-30-10)26-18(12-4-7-14(23)15(24)9-12)17(20(28)21(26)29)19(27)11-2-5-13(22)6-3-11/h2-9,18,27H,1H3. The summed E-state index contributed by atoms with van der Waals surface area (Å²) >= 11 is 18.1. The molecule has 1 atom stereocenters. The van der Waals surface area contributed by atoms with E-state index in [0.29, 0.717) is 26.9 Å². The summed E-state index contributed by atoms with van der Waals surface area (Å²) in [6.45, 7) is 1.66. The van der Waals surface area contributed by atoms with E-state index in [2.05, 4.69) is 5.16 Å². The fourth-order valence-corrected chi connectivity index (χ4v) is 3.73. The zero-order valence-corrected chi connectivity index (χ0v) is 17.7. The van der Waals surface area contributed by atoms with E-state index < -0.39 is 17.7 Å². The van der Waals surface area contributed by atoms with Crippen molar-refractivity contribution in [3.05, 3.63) is 86.1 Å². The average Bonchev–Trinajstić information content (AvgIpc) is 3.25. The van der Waals surface area contributed by atoms with Crippen LogP contribution in [-0.4, -0.2) is 22.0 Å². The van der Waals surface area contributed by atoms with Gasteiger partial charge in [-0.25, -0.2) is 0 Å². The van der Waals surface area contributed by atoms with Gasteiger partial charge in [0, 0.05) is 16.7 Å². The first kappa shape index (κ1) is 20.5. The number of ketones is 1. The Morgan fingerprint density at radius 3 is 2.33 bits per heavy atom.